The Bertz CT molecular complexity index is 2050. The van der Waals surface area contributed by atoms with Crippen LogP contribution in [0.5, 0.6) is 0 Å². The van der Waals surface area contributed by atoms with E-state index in [1.54, 1.807) is 34.6 Å². The zero-order valence-electron chi connectivity index (χ0n) is 27.3. The molecule has 0 radical (unpaired) electrons. The number of pyridine rings is 1. The lowest BCUT2D eigenvalue weighted by atomic mass is 9.74. The van der Waals surface area contributed by atoms with E-state index in [0.717, 1.165) is 16.8 Å². The summed E-state index contributed by atoms with van der Waals surface area (Å²) in [5.74, 6) is -0.588. The number of fused-ring (bicyclic) bond motifs is 3. The van der Waals surface area contributed by atoms with Crippen molar-refractivity contribution in [2.45, 2.75) is 51.1 Å². The maximum atomic E-state index is 14.5. The zero-order chi connectivity index (χ0) is 33.4. The molecule has 7 rings (SSSR count). The van der Waals surface area contributed by atoms with Crippen LogP contribution in [0, 0.1) is 5.82 Å². The van der Waals surface area contributed by atoms with Gasteiger partial charge in [0.1, 0.15) is 5.82 Å². The van der Waals surface area contributed by atoms with E-state index in [4.69, 9.17) is 0 Å². The molecular weight excluding hydrogens is 603 g/mol. The fraction of sp³-hybridized carbons (Fsp3) is 0.275. The quantitative estimate of drug-likeness (QED) is 0.209. The Morgan fingerprint density at radius 2 is 1.52 bits per heavy atom. The first-order valence-corrected chi connectivity index (χ1v) is 16.7. The zero-order valence-corrected chi connectivity index (χ0v) is 27.3. The van der Waals surface area contributed by atoms with E-state index in [-0.39, 0.29) is 34.6 Å². The number of rotatable bonds is 7. The summed E-state index contributed by atoms with van der Waals surface area (Å²) in [6.07, 6.45) is 2.13. The summed E-state index contributed by atoms with van der Waals surface area (Å²) >= 11 is 0. The number of halogens is 1. The minimum absolute atomic E-state index is 0.0539. The monoisotopic (exact) mass is 642 g/mol. The molecule has 7 nitrogen and oxygen atoms in total. The lowest BCUT2D eigenvalue weighted by Crippen LogP contribution is -2.46. The van der Waals surface area contributed by atoms with E-state index in [0.29, 0.717) is 73.2 Å². The summed E-state index contributed by atoms with van der Waals surface area (Å²) in [4.78, 5) is 45.4. The number of aromatic nitrogens is 1. The summed E-state index contributed by atoms with van der Waals surface area (Å²) in [5.41, 5.74) is 3.96. The molecule has 2 aliphatic heterocycles. The average molecular weight is 643 g/mol. The molecule has 0 saturated carbocycles. The van der Waals surface area contributed by atoms with Crippen molar-refractivity contribution < 1.29 is 14.0 Å². The second-order valence-electron chi connectivity index (χ2n) is 13.0. The smallest absolute Gasteiger partial charge is 0.263 e. The Labute approximate surface area is 279 Å². The third kappa shape index (κ3) is 5.60. The molecule has 1 fully saturated rings. The number of hydrogen-bond donors (Lipinski definition) is 1. The van der Waals surface area contributed by atoms with Crippen LogP contribution in [0.3, 0.4) is 0 Å². The van der Waals surface area contributed by atoms with Crippen molar-refractivity contribution in [3.8, 4) is 5.69 Å². The van der Waals surface area contributed by atoms with Crippen LogP contribution in [0.1, 0.15) is 66.3 Å². The number of anilines is 1. The van der Waals surface area contributed by atoms with E-state index in [1.807, 2.05) is 85.8 Å². The molecule has 2 aliphatic rings. The number of piperidine rings is 1. The standard InChI is InChI=1S/C40H39FN4O3/c1-3-34(28-12-6-4-7-13-28)42-38(47)37-31-16-10-11-17-32(31)39(48)45(30-14-8-5-9-15-30)36(37)25-43-22-20-40(21-23-43)26-44(27(2)46)35-19-18-29(41)24-33(35)40/h4-19,24,34H,3,20-23,25-26H2,1-2H3,(H,42,47)/t34-/m0/s1. The number of hydrogen-bond acceptors (Lipinski definition) is 4. The average Bonchev–Trinajstić information content (AvgIpc) is 3.42. The number of nitrogens with zero attached hydrogens (tertiary/aromatic N) is 3. The Kier molecular flexibility index (Phi) is 8.43. The van der Waals surface area contributed by atoms with Crippen molar-refractivity contribution in [3.05, 3.63) is 142 Å². The first-order valence-electron chi connectivity index (χ1n) is 16.7. The maximum absolute atomic E-state index is 14.5. The maximum Gasteiger partial charge on any atom is 0.263 e. The third-order valence-electron chi connectivity index (χ3n) is 10.2. The van der Waals surface area contributed by atoms with Gasteiger partial charge in [-0.1, -0.05) is 73.7 Å². The minimum Gasteiger partial charge on any atom is -0.345 e. The van der Waals surface area contributed by atoms with Crippen LogP contribution in [0.2, 0.25) is 0 Å². The predicted octanol–water partition coefficient (Wildman–Crippen LogP) is 6.91. The van der Waals surface area contributed by atoms with Crippen LogP contribution >= 0.6 is 0 Å². The molecule has 1 atom stereocenters. The molecule has 0 bridgehead atoms. The van der Waals surface area contributed by atoms with Crippen LogP contribution < -0.4 is 15.8 Å². The van der Waals surface area contributed by atoms with Gasteiger partial charge in [-0.2, -0.15) is 0 Å². The molecule has 8 heteroatoms. The van der Waals surface area contributed by atoms with E-state index >= 15 is 0 Å². The van der Waals surface area contributed by atoms with Crippen molar-refractivity contribution in [2.75, 3.05) is 24.5 Å². The molecule has 1 aromatic heterocycles. The van der Waals surface area contributed by atoms with Crippen molar-refractivity contribution in [2.24, 2.45) is 0 Å². The number of amides is 2. The Morgan fingerprint density at radius 1 is 0.875 bits per heavy atom. The molecule has 2 amide bonds. The van der Waals surface area contributed by atoms with Crippen LogP contribution in [0.25, 0.3) is 16.5 Å². The Hall–Kier alpha value is -5.08. The second-order valence-corrected chi connectivity index (χ2v) is 13.0. The van der Waals surface area contributed by atoms with Gasteiger partial charge in [-0.3, -0.25) is 23.9 Å². The highest BCUT2D eigenvalue weighted by molar-refractivity contribution is 6.08. The van der Waals surface area contributed by atoms with Gasteiger partial charge < -0.3 is 10.2 Å². The number of para-hydroxylation sites is 1. The van der Waals surface area contributed by atoms with Crippen LogP contribution in [-0.4, -0.2) is 40.9 Å². The molecule has 4 aromatic carbocycles. The van der Waals surface area contributed by atoms with Crippen LogP contribution in [-0.2, 0) is 16.8 Å². The van der Waals surface area contributed by atoms with Gasteiger partial charge in [-0.25, -0.2) is 4.39 Å². The molecule has 1 saturated heterocycles. The lowest BCUT2D eigenvalue weighted by molar-refractivity contribution is -0.116. The first-order chi connectivity index (χ1) is 23.3. The molecule has 1 spiro atoms. The SMILES string of the molecule is CC[C@H](NC(=O)c1c(CN2CCC3(CC2)CN(C(C)=O)c2ccc(F)cc23)n(-c2ccccc2)c(=O)c2ccccc12)c1ccccc1. The summed E-state index contributed by atoms with van der Waals surface area (Å²) < 4.78 is 16.2. The first kappa shape index (κ1) is 31.5. The summed E-state index contributed by atoms with van der Waals surface area (Å²) in [5, 5.41) is 4.39. The lowest BCUT2D eigenvalue weighted by Gasteiger charge is -2.40. The van der Waals surface area contributed by atoms with E-state index in [9.17, 15) is 18.8 Å². The second kappa shape index (κ2) is 12.8. The molecule has 1 N–H and O–H groups in total. The fourth-order valence-corrected chi connectivity index (χ4v) is 7.69. The number of likely N-dealkylation sites (tertiary alicyclic amines) is 1. The van der Waals surface area contributed by atoms with Gasteiger partial charge in [0.05, 0.1) is 17.3 Å². The molecule has 0 aliphatic carbocycles. The molecule has 0 unspecified atom stereocenters. The van der Waals surface area contributed by atoms with Crippen molar-refractivity contribution >= 4 is 28.3 Å². The van der Waals surface area contributed by atoms with Gasteiger partial charge in [0.2, 0.25) is 5.91 Å². The molecule has 244 valence electrons. The Morgan fingerprint density at radius 3 is 2.19 bits per heavy atom. The Balaban J connectivity index is 1.29. The summed E-state index contributed by atoms with van der Waals surface area (Å²) in [7, 11) is 0. The highest BCUT2D eigenvalue weighted by atomic mass is 19.1. The van der Waals surface area contributed by atoms with Crippen molar-refractivity contribution in [1.82, 2.24) is 14.8 Å². The van der Waals surface area contributed by atoms with Crippen molar-refractivity contribution in [3.63, 3.8) is 0 Å². The predicted molar refractivity (Wildman–Crippen MR) is 187 cm³/mol. The van der Waals surface area contributed by atoms with Crippen molar-refractivity contribution in [1.29, 1.82) is 0 Å². The van der Waals surface area contributed by atoms with Gasteiger partial charge in [0.15, 0.2) is 0 Å². The topological polar surface area (TPSA) is 74.7 Å². The number of nitrogens with one attached hydrogen (secondary N) is 1. The van der Waals surface area contributed by atoms with Crippen LogP contribution in [0.15, 0.2) is 108 Å². The van der Waals surface area contributed by atoms with Gasteiger partial charge in [0.25, 0.3) is 11.5 Å². The largest absolute Gasteiger partial charge is 0.345 e. The minimum atomic E-state index is -0.355. The number of benzene rings is 4. The molecular formula is C40H39FN4O3. The summed E-state index contributed by atoms with van der Waals surface area (Å²) in [6, 6.07) is 31.3. The van der Waals surface area contributed by atoms with Crippen LogP contribution in [0.4, 0.5) is 10.1 Å². The highest BCUT2D eigenvalue weighted by Crippen LogP contribution is 2.47. The van der Waals surface area contributed by atoms with E-state index in [2.05, 4.69) is 10.2 Å². The van der Waals surface area contributed by atoms with Gasteiger partial charge in [-0.15, -0.1) is 0 Å². The number of carbonyl (C=O) groups is 2. The third-order valence-corrected chi connectivity index (χ3v) is 10.2. The highest BCUT2D eigenvalue weighted by Gasteiger charge is 2.46. The van der Waals surface area contributed by atoms with E-state index < -0.39 is 0 Å². The van der Waals surface area contributed by atoms with Gasteiger partial charge >= 0.3 is 0 Å². The normalized spacial score (nSPS) is 16.2. The molecule has 48 heavy (non-hydrogen) atoms. The van der Waals surface area contributed by atoms with Gasteiger partial charge in [-0.05, 0) is 79.9 Å². The molecule has 3 heterocycles. The van der Waals surface area contributed by atoms with E-state index in [1.165, 1.54) is 6.07 Å². The fourth-order valence-electron chi connectivity index (χ4n) is 7.69. The number of carbonyl (C=O) groups excluding carboxylic acids is 2. The molecule has 5 aromatic rings. The summed E-state index contributed by atoms with van der Waals surface area (Å²) in [6.45, 7) is 5.79. The van der Waals surface area contributed by atoms with Gasteiger partial charge in [0, 0.05) is 47.6 Å².